The van der Waals surface area contributed by atoms with Gasteiger partial charge < -0.3 is 15.4 Å². The van der Waals surface area contributed by atoms with Crippen LogP contribution in [0.25, 0.3) is 0 Å². The van der Waals surface area contributed by atoms with E-state index >= 15 is 0 Å². The second-order valence-corrected chi connectivity index (χ2v) is 5.80. The molecule has 0 radical (unpaired) electrons. The van der Waals surface area contributed by atoms with Crippen molar-refractivity contribution in [2.75, 3.05) is 38.2 Å². The zero-order chi connectivity index (χ0) is 16.0. The summed E-state index contributed by atoms with van der Waals surface area (Å²) in [7, 11) is 1.68. The minimum atomic E-state index is 0.816. The second-order valence-electron chi connectivity index (χ2n) is 4.65. The van der Waals surface area contributed by atoms with Crippen LogP contribution >= 0.6 is 11.8 Å². The number of rotatable bonds is 10. The number of nitrogens with zero attached hydrogens (tertiary/aromatic N) is 1. The predicted octanol–water partition coefficient (Wildman–Crippen LogP) is 2.71. The summed E-state index contributed by atoms with van der Waals surface area (Å²) in [6.45, 7) is 8.33. The summed E-state index contributed by atoms with van der Waals surface area (Å²) in [4.78, 5) is 4.56. The second kappa shape index (κ2) is 12.0. The Bertz CT molecular complexity index is 446. The van der Waals surface area contributed by atoms with E-state index in [0.29, 0.717) is 0 Å². The Morgan fingerprint density at radius 1 is 1.32 bits per heavy atom. The van der Waals surface area contributed by atoms with Crippen molar-refractivity contribution in [3.63, 3.8) is 0 Å². The summed E-state index contributed by atoms with van der Waals surface area (Å²) in [5.41, 5.74) is 1.28. The van der Waals surface area contributed by atoms with Gasteiger partial charge in [0.15, 0.2) is 5.96 Å². The molecule has 1 rings (SSSR count). The molecular weight excluding hydrogens is 294 g/mol. The largest absolute Gasteiger partial charge is 0.497 e. The highest BCUT2D eigenvalue weighted by atomic mass is 32.2. The van der Waals surface area contributed by atoms with Crippen molar-refractivity contribution in [2.45, 2.75) is 13.3 Å². The lowest BCUT2D eigenvalue weighted by Crippen LogP contribution is -2.38. The van der Waals surface area contributed by atoms with Gasteiger partial charge in [0, 0.05) is 24.6 Å². The van der Waals surface area contributed by atoms with Gasteiger partial charge in [-0.05, 0) is 31.0 Å². The van der Waals surface area contributed by atoms with Crippen LogP contribution in [0.2, 0.25) is 0 Å². The Kier molecular flexibility index (Phi) is 10.0. The van der Waals surface area contributed by atoms with E-state index in [1.54, 1.807) is 7.11 Å². The predicted molar refractivity (Wildman–Crippen MR) is 98.2 cm³/mol. The summed E-state index contributed by atoms with van der Waals surface area (Å²) in [6.07, 6.45) is 2.88. The van der Waals surface area contributed by atoms with Crippen LogP contribution in [-0.4, -0.2) is 44.2 Å². The zero-order valence-electron chi connectivity index (χ0n) is 13.6. The fourth-order valence-electron chi connectivity index (χ4n) is 1.85. The fourth-order valence-corrected chi connectivity index (χ4v) is 2.40. The first-order chi connectivity index (χ1) is 10.8. The normalized spacial score (nSPS) is 11.1. The molecule has 5 heteroatoms. The smallest absolute Gasteiger partial charge is 0.191 e. The van der Waals surface area contributed by atoms with E-state index in [1.807, 2.05) is 30.0 Å². The highest BCUT2D eigenvalue weighted by molar-refractivity contribution is 7.99. The monoisotopic (exact) mass is 321 g/mol. The summed E-state index contributed by atoms with van der Waals surface area (Å²) in [5, 5.41) is 6.63. The summed E-state index contributed by atoms with van der Waals surface area (Å²) in [5.74, 6) is 3.77. The standard InChI is InChI=1S/C17H27N3OS/c1-4-13-22-14-12-20-17(18-5-2)19-11-10-15-6-8-16(21-3)9-7-15/h4,6-9H,1,5,10-14H2,2-3H3,(H2,18,19,20). The molecule has 0 saturated carbocycles. The average Bonchev–Trinajstić information content (AvgIpc) is 2.55. The number of hydrogen-bond acceptors (Lipinski definition) is 3. The summed E-state index contributed by atoms with van der Waals surface area (Å²) in [6, 6.07) is 8.17. The third-order valence-electron chi connectivity index (χ3n) is 2.95. The van der Waals surface area contributed by atoms with Crippen LogP contribution in [0, 0.1) is 0 Å². The van der Waals surface area contributed by atoms with Crippen LogP contribution in [0.4, 0.5) is 0 Å². The highest BCUT2D eigenvalue weighted by Gasteiger charge is 1.98. The number of benzene rings is 1. The molecule has 0 aromatic heterocycles. The first kappa shape index (κ1) is 18.4. The molecule has 0 heterocycles. The molecule has 0 aliphatic rings. The van der Waals surface area contributed by atoms with Crippen LogP contribution in [0.1, 0.15) is 12.5 Å². The third-order valence-corrected chi connectivity index (χ3v) is 3.89. The maximum Gasteiger partial charge on any atom is 0.191 e. The van der Waals surface area contributed by atoms with Crippen molar-refractivity contribution < 1.29 is 4.74 Å². The Balaban J connectivity index is 2.32. The van der Waals surface area contributed by atoms with Crippen LogP contribution in [0.15, 0.2) is 41.9 Å². The van der Waals surface area contributed by atoms with Crippen LogP contribution in [0.3, 0.4) is 0 Å². The van der Waals surface area contributed by atoms with E-state index in [1.165, 1.54) is 5.56 Å². The van der Waals surface area contributed by atoms with Crippen molar-refractivity contribution in [3.8, 4) is 5.75 Å². The first-order valence-corrected chi connectivity index (χ1v) is 8.79. The number of thioether (sulfide) groups is 1. The van der Waals surface area contributed by atoms with E-state index in [4.69, 9.17) is 4.74 Å². The van der Waals surface area contributed by atoms with E-state index in [-0.39, 0.29) is 0 Å². The molecule has 0 aliphatic carbocycles. The Morgan fingerprint density at radius 3 is 2.73 bits per heavy atom. The van der Waals surface area contributed by atoms with Crippen molar-refractivity contribution in [3.05, 3.63) is 42.5 Å². The van der Waals surface area contributed by atoms with Gasteiger partial charge >= 0.3 is 0 Å². The van der Waals surface area contributed by atoms with Gasteiger partial charge in [-0.1, -0.05) is 18.2 Å². The Hall–Kier alpha value is -1.62. The number of methoxy groups -OCH3 is 1. The van der Waals surface area contributed by atoms with Gasteiger partial charge in [0.05, 0.1) is 13.7 Å². The van der Waals surface area contributed by atoms with E-state index in [2.05, 4.69) is 41.3 Å². The molecule has 0 amide bonds. The highest BCUT2D eigenvalue weighted by Crippen LogP contribution is 2.11. The molecular formula is C17H27N3OS. The molecule has 122 valence electrons. The number of ether oxygens (including phenoxy) is 1. The van der Waals surface area contributed by atoms with Gasteiger partial charge in [-0.3, -0.25) is 4.99 Å². The fraction of sp³-hybridized carbons (Fsp3) is 0.471. The van der Waals surface area contributed by atoms with E-state index < -0.39 is 0 Å². The van der Waals surface area contributed by atoms with Crippen LogP contribution in [-0.2, 0) is 6.42 Å². The number of hydrogen-bond donors (Lipinski definition) is 2. The van der Waals surface area contributed by atoms with E-state index in [0.717, 1.165) is 49.3 Å². The number of nitrogens with one attached hydrogen (secondary N) is 2. The summed E-state index contributed by atoms with van der Waals surface area (Å²) < 4.78 is 5.16. The van der Waals surface area contributed by atoms with E-state index in [9.17, 15) is 0 Å². The molecule has 4 nitrogen and oxygen atoms in total. The Morgan fingerprint density at radius 2 is 2.09 bits per heavy atom. The molecule has 22 heavy (non-hydrogen) atoms. The Labute approximate surface area is 138 Å². The lowest BCUT2D eigenvalue weighted by atomic mass is 10.1. The minimum absolute atomic E-state index is 0.816. The van der Waals surface area contributed by atoms with Gasteiger partial charge in [-0.25, -0.2) is 0 Å². The molecule has 1 aromatic carbocycles. The van der Waals surface area contributed by atoms with Crippen molar-refractivity contribution in [1.82, 2.24) is 10.6 Å². The topological polar surface area (TPSA) is 45.7 Å². The lowest BCUT2D eigenvalue weighted by molar-refractivity contribution is 0.414. The maximum atomic E-state index is 5.16. The maximum absolute atomic E-state index is 5.16. The van der Waals surface area contributed by atoms with Crippen molar-refractivity contribution in [1.29, 1.82) is 0 Å². The van der Waals surface area contributed by atoms with Gasteiger partial charge in [-0.2, -0.15) is 11.8 Å². The molecule has 0 atom stereocenters. The molecule has 1 aromatic rings. The molecule has 0 aliphatic heterocycles. The first-order valence-electron chi connectivity index (χ1n) is 7.64. The van der Waals surface area contributed by atoms with Gasteiger partial charge in [0.1, 0.15) is 5.75 Å². The van der Waals surface area contributed by atoms with Crippen molar-refractivity contribution >= 4 is 17.7 Å². The van der Waals surface area contributed by atoms with Gasteiger partial charge in [-0.15, -0.1) is 6.58 Å². The molecule has 0 unspecified atom stereocenters. The lowest BCUT2D eigenvalue weighted by Gasteiger charge is -2.11. The molecule has 0 spiro atoms. The van der Waals surface area contributed by atoms with Gasteiger partial charge in [0.25, 0.3) is 0 Å². The SMILES string of the molecule is C=CCSCCN=C(NCC)NCCc1ccc(OC)cc1. The molecule has 0 saturated heterocycles. The number of guanidine groups is 1. The third kappa shape index (κ3) is 7.98. The molecule has 0 fully saturated rings. The van der Waals surface area contributed by atoms with Crippen LogP contribution < -0.4 is 15.4 Å². The molecule has 2 N–H and O–H groups in total. The average molecular weight is 321 g/mol. The quantitative estimate of drug-likeness (QED) is 0.301. The van der Waals surface area contributed by atoms with Gasteiger partial charge in [0.2, 0.25) is 0 Å². The zero-order valence-corrected chi connectivity index (χ0v) is 14.4. The minimum Gasteiger partial charge on any atom is -0.497 e. The van der Waals surface area contributed by atoms with Crippen molar-refractivity contribution in [2.24, 2.45) is 4.99 Å². The van der Waals surface area contributed by atoms with Crippen LogP contribution in [0.5, 0.6) is 5.75 Å². The number of aliphatic imine (C=N–C) groups is 1. The summed E-state index contributed by atoms with van der Waals surface area (Å²) >= 11 is 1.84. The molecule has 0 bridgehead atoms.